The first-order valence-corrected chi connectivity index (χ1v) is 7.91. The zero-order valence-corrected chi connectivity index (χ0v) is 12.9. The van der Waals surface area contributed by atoms with E-state index in [1.807, 2.05) is 0 Å². The van der Waals surface area contributed by atoms with Gasteiger partial charge in [-0.25, -0.2) is 12.8 Å². The predicted octanol–water partition coefficient (Wildman–Crippen LogP) is 3.28. The molecule has 20 heavy (non-hydrogen) atoms. The van der Waals surface area contributed by atoms with Crippen LogP contribution in [0.25, 0.3) is 0 Å². The van der Waals surface area contributed by atoms with Crippen molar-refractivity contribution >= 4 is 37.3 Å². The molecule has 2 rings (SSSR count). The van der Waals surface area contributed by atoms with E-state index < -0.39 is 15.8 Å². The minimum Gasteiger partial charge on any atom is -0.398 e. The van der Waals surface area contributed by atoms with Crippen molar-refractivity contribution in [1.82, 2.24) is 0 Å². The Labute approximate surface area is 125 Å². The van der Waals surface area contributed by atoms with E-state index in [9.17, 15) is 12.8 Å². The second-order valence-corrected chi connectivity index (χ2v) is 6.78. The number of sulfonamides is 1. The fourth-order valence-electron chi connectivity index (χ4n) is 1.63. The second kappa shape index (κ2) is 5.41. The van der Waals surface area contributed by atoms with Gasteiger partial charge < -0.3 is 5.73 Å². The van der Waals surface area contributed by atoms with E-state index in [1.54, 1.807) is 13.0 Å². The molecule has 7 heteroatoms. The monoisotopic (exact) mass is 358 g/mol. The summed E-state index contributed by atoms with van der Waals surface area (Å²) in [4.78, 5) is 0.0434. The van der Waals surface area contributed by atoms with Crippen LogP contribution in [0.2, 0.25) is 0 Å². The summed E-state index contributed by atoms with van der Waals surface area (Å²) in [5, 5.41) is 0. The van der Waals surface area contributed by atoms with Gasteiger partial charge in [0.2, 0.25) is 0 Å². The van der Waals surface area contributed by atoms with Crippen molar-refractivity contribution in [3.05, 3.63) is 52.3 Å². The van der Waals surface area contributed by atoms with Gasteiger partial charge in [0.05, 0.1) is 10.6 Å². The van der Waals surface area contributed by atoms with E-state index in [0.717, 1.165) is 0 Å². The number of rotatable bonds is 3. The number of aryl methyl sites for hydroxylation is 1. The maximum absolute atomic E-state index is 13.0. The van der Waals surface area contributed by atoms with Gasteiger partial charge in [0.25, 0.3) is 10.0 Å². The van der Waals surface area contributed by atoms with Gasteiger partial charge >= 0.3 is 0 Å². The number of anilines is 2. The van der Waals surface area contributed by atoms with E-state index in [-0.39, 0.29) is 4.90 Å². The summed E-state index contributed by atoms with van der Waals surface area (Å²) in [6.45, 7) is 1.62. The van der Waals surface area contributed by atoms with Gasteiger partial charge in [-0.3, -0.25) is 4.72 Å². The maximum atomic E-state index is 13.0. The number of benzene rings is 2. The van der Waals surface area contributed by atoms with E-state index in [4.69, 9.17) is 5.73 Å². The molecule has 2 aromatic carbocycles. The molecule has 0 aliphatic heterocycles. The van der Waals surface area contributed by atoms with Crippen molar-refractivity contribution in [2.24, 2.45) is 0 Å². The first kappa shape index (κ1) is 14.8. The van der Waals surface area contributed by atoms with Crippen LogP contribution in [0.5, 0.6) is 0 Å². The lowest BCUT2D eigenvalue weighted by molar-refractivity contribution is 0.601. The molecule has 0 aliphatic rings. The minimum atomic E-state index is -3.76. The fourth-order valence-corrected chi connectivity index (χ4v) is 3.05. The van der Waals surface area contributed by atoms with Gasteiger partial charge in [0.15, 0.2) is 0 Å². The van der Waals surface area contributed by atoms with Gasteiger partial charge in [-0.1, -0.05) is 0 Å². The number of halogens is 2. The Morgan fingerprint density at radius 3 is 2.50 bits per heavy atom. The van der Waals surface area contributed by atoms with Gasteiger partial charge in [-0.2, -0.15) is 0 Å². The van der Waals surface area contributed by atoms with Crippen molar-refractivity contribution in [1.29, 1.82) is 0 Å². The lowest BCUT2D eigenvalue weighted by atomic mass is 10.2. The Morgan fingerprint density at radius 1 is 1.20 bits per heavy atom. The molecule has 0 spiro atoms. The summed E-state index contributed by atoms with van der Waals surface area (Å²) in [5.41, 5.74) is 6.82. The van der Waals surface area contributed by atoms with Crippen LogP contribution < -0.4 is 10.5 Å². The quantitative estimate of drug-likeness (QED) is 0.827. The van der Waals surface area contributed by atoms with Crippen LogP contribution in [-0.2, 0) is 10.0 Å². The molecule has 0 amide bonds. The third-order valence-electron chi connectivity index (χ3n) is 2.71. The zero-order chi connectivity index (χ0) is 14.9. The summed E-state index contributed by atoms with van der Waals surface area (Å²) in [7, 11) is -3.76. The van der Waals surface area contributed by atoms with Crippen LogP contribution in [0.3, 0.4) is 0 Å². The van der Waals surface area contributed by atoms with Crippen LogP contribution in [0, 0.1) is 12.7 Å². The zero-order valence-electron chi connectivity index (χ0n) is 10.5. The first-order valence-electron chi connectivity index (χ1n) is 5.63. The molecule has 4 nitrogen and oxygen atoms in total. The number of nitrogens with one attached hydrogen (secondary N) is 1. The Kier molecular flexibility index (Phi) is 4.01. The summed E-state index contributed by atoms with van der Waals surface area (Å²) in [6, 6.07) is 8.17. The van der Waals surface area contributed by atoms with Crippen LogP contribution in [-0.4, -0.2) is 8.42 Å². The fraction of sp³-hybridized carbons (Fsp3) is 0.0769. The molecule has 106 valence electrons. The number of nitrogens with two attached hydrogens (primary N) is 1. The highest BCUT2D eigenvalue weighted by Crippen LogP contribution is 2.25. The molecule has 0 unspecified atom stereocenters. The summed E-state index contributed by atoms with van der Waals surface area (Å²) in [6.07, 6.45) is 0. The molecule has 0 fully saturated rings. The third kappa shape index (κ3) is 3.10. The molecule has 0 atom stereocenters. The van der Waals surface area contributed by atoms with Crippen molar-refractivity contribution in [3.8, 4) is 0 Å². The summed E-state index contributed by atoms with van der Waals surface area (Å²) < 4.78 is 40.5. The second-order valence-electron chi connectivity index (χ2n) is 4.25. The number of hydrogen-bond donors (Lipinski definition) is 2. The van der Waals surface area contributed by atoms with Crippen LogP contribution in [0.1, 0.15) is 5.56 Å². The molecule has 0 heterocycles. The van der Waals surface area contributed by atoms with Crippen molar-refractivity contribution in [3.63, 3.8) is 0 Å². The van der Waals surface area contributed by atoms with Crippen LogP contribution >= 0.6 is 15.9 Å². The van der Waals surface area contributed by atoms with Gasteiger partial charge in [-0.15, -0.1) is 0 Å². The largest absolute Gasteiger partial charge is 0.398 e. The standard InChI is InChI=1S/C13H12BrFN2O2S/c1-8-6-9(15)2-5-13(8)17-20(18,19)10-3-4-11(14)12(16)7-10/h2-7,17H,16H2,1H3. The average molecular weight is 359 g/mol. The van der Waals surface area contributed by atoms with Crippen LogP contribution in [0.15, 0.2) is 45.8 Å². The molecule has 0 saturated heterocycles. The maximum Gasteiger partial charge on any atom is 0.261 e. The van der Waals surface area contributed by atoms with E-state index >= 15 is 0 Å². The summed E-state index contributed by atoms with van der Waals surface area (Å²) in [5.74, 6) is -0.418. The number of nitrogen functional groups attached to an aromatic ring is 1. The topological polar surface area (TPSA) is 72.2 Å². The number of hydrogen-bond acceptors (Lipinski definition) is 3. The Morgan fingerprint density at radius 2 is 1.90 bits per heavy atom. The molecular weight excluding hydrogens is 347 g/mol. The van der Waals surface area contributed by atoms with E-state index in [2.05, 4.69) is 20.7 Å². The third-order valence-corrected chi connectivity index (χ3v) is 4.80. The van der Waals surface area contributed by atoms with Gasteiger partial charge in [0.1, 0.15) is 5.82 Å². The minimum absolute atomic E-state index is 0.0434. The highest BCUT2D eigenvalue weighted by atomic mass is 79.9. The molecule has 0 aromatic heterocycles. The van der Waals surface area contributed by atoms with E-state index in [0.29, 0.717) is 21.4 Å². The Bertz CT molecular complexity index is 763. The smallest absolute Gasteiger partial charge is 0.261 e. The SMILES string of the molecule is Cc1cc(F)ccc1NS(=O)(=O)c1ccc(Br)c(N)c1. The molecule has 0 radical (unpaired) electrons. The van der Waals surface area contributed by atoms with Crippen molar-refractivity contribution in [2.75, 3.05) is 10.5 Å². The molecule has 3 N–H and O–H groups in total. The van der Waals surface area contributed by atoms with Crippen molar-refractivity contribution < 1.29 is 12.8 Å². The van der Waals surface area contributed by atoms with Crippen molar-refractivity contribution in [2.45, 2.75) is 11.8 Å². The molecule has 2 aromatic rings. The molecule has 0 saturated carbocycles. The lowest BCUT2D eigenvalue weighted by Crippen LogP contribution is -2.14. The molecule has 0 bridgehead atoms. The average Bonchev–Trinajstić information content (AvgIpc) is 2.36. The van der Waals surface area contributed by atoms with E-state index in [1.165, 1.54) is 30.3 Å². The first-order chi connectivity index (χ1) is 9.29. The highest BCUT2D eigenvalue weighted by Gasteiger charge is 2.16. The highest BCUT2D eigenvalue weighted by molar-refractivity contribution is 9.10. The normalized spacial score (nSPS) is 11.3. The van der Waals surface area contributed by atoms with Gasteiger partial charge in [0, 0.05) is 10.2 Å². The molecule has 0 aliphatic carbocycles. The Hall–Kier alpha value is -1.60. The van der Waals surface area contributed by atoms with Crippen LogP contribution in [0.4, 0.5) is 15.8 Å². The molecular formula is C13H12BrFN2O2S. The van der Waals surface area contributed by atoms with Gasteiger partial charge in [-0.05, 0) is 64.8 Å². The predicted molar refractivity (Wildman–Crippen MR) is 80.5 cm³/mol. The summed E-state index contributed by atoms with van der Waals surface area (Å²) >= 11 is 3.20. The Balaban J connectivity index is 2.38. The lowest BCUT2D eigenvalue weighted by Gasteiger charge is -2.11.